The molecule has 4 atom stereocenters. The number of allylic oxidation sites excluding steroid dienone is 2. The van der Waals surface area contributed by atoms with Crippen molar-refractivity contribution in [1.29, 1.82) is 0 Å². The van der Waals surface area contributed by atoms with E-state index in [1.165, 1.54) is 11.1 Å². The van der Waals surface area contributed by atoms with Crippen LogP contribution < -0.4 is 10.2 Å². The van der Waals surface area contributed by atoms with Crippen LogP contribution in [0.5, 0.6) is 0 Å². The summed E-state index contributed by atoms with van der Waals surface area (Å²) in [4.78, 5) is 23.1. The van der Waals surface area contributed by atoms with E-state index in [1.807, 2.05) is 0 Å². The van der Waals surface area contributed by atoms with Gasteiger partial charge in [0.15, 0.2) is 0 Å². The van der Waals surface area contributed by atoms with Crippen LogP contribution in [-0.4, -0.2) is 11.9 Å². The van der Waals surface area contributed by atoms with Crippen LogP contribution in [0.3, 0.4) is 0 Å². The summed E-state index contributed by atoms with van der Waals surface area (Å²) in [7, 11) is 0. The fourth-order valence-electron chi connectivity index (χ4n) is 4.79. The highest BCUT2D eigenvalue weighted by Gasteiger charge is 2.46. The molecular weight excluding hydrogens is 256 g/mol. The highest BCUT2D eigenvalue weighted by Crippen LogP contribution is 2.52. The van der Waals surface area contributed by atoms with E-state index in [-0.39, 0.29) is 11.8 Å². The van der Waals surface area contributed by atoms with Crippen molar-refractivity contribution in [3.05, 3.63) is 11.1 Å². The first-order valence-electron chi connectivity index (χ1n) is 7.74. The second kappa shape index (κ2) is 5.23. The van der Waals surface area contributed by atoms with E-state index in [9.17, 15) is 19.8 Å². The predicted molar refractivity (Wildman–Crippen MR) is 67.9 cm³/mol. The zero-order valence-electron chi connectivity index (χ0n) is 11.6. The number of carboxylic acid groups (broad SMARTS) is 2. The van der Waals surface area contributed by atoms with Crippen LogP contribution in [0.15, 0.2) is 11.1 Å². The van der Waals surface area contributed by atoms with Gasteiger partial charge in [-0.05, 0) is 50.4 Å². The maximum Gasteiger partial charge on any atom is 0.0458 e. The third kappa shape index (κ3) is 2.05. The van der Waals surface area contributed by atoms with Gasteiger partial charge in [-0.3, -0.25) is 0 Å². The molecule has 0 heterocycles. The fraction of sp³-hybridized carbons (Fsp3) is 0.750. The van der Waals surface area contributed by atoms with Gasteiger partial charge in [-0.25, -0.2) is 0 Å². The predicted octanol–water partition coefficient (Wildman–Crippen LogP) is 0.409. The van der Waals surface area contributed by atoms with E-state index in [2.05, 4.69) is 0 Å². The monoisotopic (exact) mass is 276 g/mol. The van der Waals surface area contributed by atoms with Gasteiger partial charge in [-0.1, -0.05) is 24.0 Å². The summed E-state index contributed by atoms with van der Waals surface area (Å²) in [6.45, 7) is 0. The minimum Gasteiger partial charge on any atom is -0.550 e. The molecule has 0 radical (unpaired) electrons. The van der Waals surface area contributed by atoms with E-state index in [0.29, 0.717) is 0 Å². The Kier molecular flexibility index (Phi) is 3.57. The Balaban J connectivity index is 2.09. The van der Waals surface area contributed by atoms with Gasteiger partial charge in [0.05, 0.1) is 0 Å². The second-order valence-electron chi connectivity index (χ2n) is 6.44. The van der Waals surface area contributed by atoms with Crippen LogP contribution >= 0.6 is 0 Å². The molecule has 0 aromatic heterocycles. The van der Waals surface area contributed by atoms with Crippen molar-refractivity contribution in [2.24, 2.45) is 23.7 Å². The Morgan fingerprint density at radius 1 is 0.750 bits per heavy atom. The zero-order valence-corrected chi connectivity index (χ0v) is 11.6. The minimum absolute atomic E-state index is 0.124. The Morgan fingerprint density at radius 2 is 1.15 bits per heavy atom. The third-order valence-electron chi connectivity index (χ3n) is 5.53. The van der Waals surface area contributed by atoms with Crippen molar-refractivity contribution in [2.45, 2.75) is 51.4 Å². The summed E-state index contributed by atoms with van der Waals surface area (Å²) in [6, 6.07) is 0. The second-order valence-corrected chi connectivity index (χ2v) is 6.44. The number of hydrogen-bond donors (Lipinski definition) is 0. The first-order chi connectivity index (χ1) is 9.61. The number of aliphatic carboxylic acids is 2. The Hall–Kier alpha value is -1.32. The first-order valence-corrected chi connectivity index (χ1v) is 7.74. The molecule has 110 valence electrons. The van der Waals surface area contributed by atoms with E-state index in [0.717, 1.165) is 51.4 Å². The molecular formula is C16H20O4-2. The summed E-state index contributed by atoms with van der Waals surface area (Å²) in [5.41, 5.74) is 2.51. The molecule has 0 unspecified atom stereocenters. The van der Waals surface area contributed by atoms with Gasteiger partial charge >= 0.3 is 0 Å². The van der Waals surface area contributed by atoms with Gasteiger partial charge in [0.2, 0.25) is 0 Å². The zero-order chi connectivity index (χ0) is 14.3. The summed E-state index contributed by atoms with van der Waals surface area (Å²) in [6.07, 6.45) is 7.61. The van der Waals surface area contributed by atoms with Gasteiger partial charge in [-0.2, -0.15) is 0 Å². The van der Waals surface area contributed by atoms with Crippen LogP contribution in [0, 0.1) is 23.7 Å². The maximum atomic E-state index is 11.6. The van der Waals surface area contributed by atoms with Crippen LogP contribution in [0.1, 0.15) is 51.4 Å². The Labute approximate surface area is 118 Å². The number of rotatable bonds is 2. The molecule has 2 saturated carbocycles. The van der Waals surface area contributed by atoms with Crippen molar-refractivity contribution < 1.29 is 19.8 Å². The molecule has 20 heavy (non-hydrogen) atoms. The average Bonchev–Trinajstić information content (AvgIpc) is 2.45. The van der Waals surface area contributed by atoms with Gasteiger partial charge in [0.25, 0.3) is 0 Å². The summed E-state index contributed by atoms with van der Waals surface area (Å²) in [5, 5.41) is 23.1. The number of carbonyl (C=O) groups is 2. The van der Waals surface area contributed by atoms with E-state index in [4.69, 9.17) is 0 Å². The van der Waals surface area contributed by atoms with E-state index < -0.39 is 23.8 Å². The molecule has 3 aliphatic carbocycles. The summed E-state index contributed by atoms with van der Waals surface area (Å²) < 4.78 is 0. The average molecular weight is 276 g/mol. The van der Waals surface area contributed by atoms with Crippen LogP contribution in [0.25, 0.3) is 0 Å². The Bertz CT molecular complexity index is 423. The molecule has 3 aliphatic rings. The number of fused-ring (bicyclic) bond motifs is 2. The van der Waals surface area contributed by atoms with Gasteiger partial charge in [-0.15, -0.1) is 0 Å². The fourth-order valence-corrected chi connectivity index (χ4v) is 4.79. The Morgan fingerprint density at radius 3 is 1.50 bits per heavy atom. The highest BCUT2D eigenvalue weighted by molar-refractivity contribution is 5.80. The van der Waals surface area contributed by atoms with Gasteiger partial charge in [0, 0.05) is 23.8 Å². The van der Waals surface area contributed by atoms with Gasteiger partial charge < -0.3 is 19.8 Å². The quantitative estimate of drug-likeness (QED) is 0.684. The first kappa shape index (κ1) is 13.7. The molecule has 0 spiro atoms. The maximum absolute atomic E-state index is 11.6. The molecule has 0 N–H and O–H groups in total. The molecule has 0 bridgehead atoms. The van der Waals surface area contributed by atoms with Crippen molar-refractivity contribution in [1.82, 2.24) is 0 Å². The topological polar surface area (TPSA) is 80.3 Å². The largest absolute Gasteiger partial charge is 0.550 e. The van der Waals surface area contributed by atoms with Crippen molar-refractivity contribution in [2.75, 3.05) is 0 Å². The SMILES string of the molecule is O=C([O-])[C@@H]1[C@@H](C(=O)[O-])[C@H]2CCCCC2=C2CCCC[C@@H]21. The molecule has 2 fully saturated rings. The lowest BCUT2D eigenvalue weighted by Crippen LogP contribution is -2.53. The number of carbonyl (C=O) groups excluding carboxylic acids is 2. The molecule has 3 rings (SSSR count). The molecule has 4 heteroatoms. The lowest BCUT2D eigenvalue weighted by Gasteiger charge is -2.50. The summed E-state index contributed by atoms with van der Waals surface area (Å²) in [5.74, 6) is -4.42. The standard InChI is InChI=1S/C16H22O4/c17-15(18)13-11-7-3-1-5-9(11)10-6-2-4-8-12(10)14(13)16(19)20/h11-14H,1-8H2,(H,17,18)(H,19,20)/p-2/t11-,12-,13-,14-/m0/s1. The minimum atomic E-state index is -1.20. The van der Waals surface area contributed by atoms with Crippen LogP contribution in [0.4, 0.5) is 0 Å². The smallest absolute Gasteiger partial charge is 0.0458 e. The molecule has 0 aliphatic heterocycles. The van der Waals surface area contributed by atoms with Gasteiger partial charge in [0.1, 0.15) is 0 Å². The van der Waals surface area contributed by atoms with E-state index >= 15 is 0 Å². The van der Waals surface area contributed by atoms with Crippen molar-refractivity contribution >= 4 is 11.9 Å². The molecule has 4 nitrogen and oxygen atoms in total. The van der Waals surface area contributed by atoms with E-state index in [1.54, 1.807) is 0 Å². The van der Waals surface area contributed by atoms with Crippen LogP contribution in [-0.2, 0) is 9.59 Å². The van der Waals surface area contributed by atoms with Crippen molar-refractivity contribution in [3.63, 3.8) is 0 Å². The molecule has 0 aromatic carbocycles. The lowest BCUT2D eigenvalue weighted by molar-refractivity contribution is -0.331. The lowest BCUT2D eigenvalue weighted by atomic mass is 9.57. The number of hydrogen-bond acceptors (Lipinski definition) is 4. The normalized spacial score (nSPS) is 37.0. The summed E-state index contributed by atoms with van der Waals surface area (Å²) >= 11 is 0. The number of carboxylic acids is 2. The van der Waals surface area contributed by atoms with Crippen LogP contribution in [0.2, 0.25) is 0 Å². The van der Waals surface area contributed by atoms with Crippen molar-refractivity contribution in [3.8, 4) is 0 Å². The molecule has 0 aromatic rings. The highest BCUT2D eigenvalue weighted by atomic mass is 16.4. The third-order valence-corrected chi connectivity index (χ3v) is 5.53. The molecule has 0 amide bonds. The molecule has 0 saturated heterocycles.